The molecular weight excluding hydrogens is 368 g/mol. The first-order valence-electron chi connectivity index (χ1n) is 11.0. The Hall–Kier alpha value is -1.50. The van der Waals surface area contributed by atoms with Crippen molar-refractivity contribution in [3.8, 4) is 0 Å². The number of carbonyl (C=O) groups is 1. The summed E-state index contributed by atoms with van der Waals surface area (Å²) in [7, 11) is 3.81. The zero-order valence-corrected chi connectivity index (χ0v) is 19.9. The molecule has 1 rings (SSSR count). The minimum Gasteiger partial charge on any atom is -0.444 e. The van der Waals surface area contributed by atoms with Gasteiger partial charge in [-0.05, 0) is 64.7 Å². The number of ether oxygens (including phenoxy) is 2. The van der Waals surface area contributed by atoms with Crippen LogP contribution in [0.2, 0.25) is 0 Å². The van der Waals surface area contributed by atoms with Crippen LogP contribution in [0.25, 0.3) is 0 Å². The first kappa shape index (κ1) is 25.5. The largest absolute Gasteiger partial charge is 0.444 e. The Morgan fingerprint density at radius 2 is 1.93 bits per heavy atom. The smallest absolute Gasteiger partial charge is 0.407 e. The highest BCUT2D eigenvalue weighted by Crippen LogP contribution is 2.49. The summed E-state index contributed by atoms with van der Waals surface area (Å²) in [6.45, 7) is 15.2. The summed E-state index contributed by atoms with van der Waals surface area (Å²) in [6.07, 6.45) is 4.02. The van der Waals surface area contributed by atoms with E-state index >= 15 is 0 Å². The Kier molecular flexibility index (Phi) is 10.2. The van der Waals surface area contributed by atoms with Crippen molar-refractivity contribution in [2.75, 3.05) is 40.4 Å². The van der Waals surface area contributed by atoms with Gasteiger partial charge in [0.25, 0.3) is 0 Å². The molecule has 1 aliphatic carbocycles. The number of hydrogen-bond donors (Lipinski definition) is 2. The lowest BCUT2D eigenvalue weighted by Crippen LogP contribution is -2.45. The van der Waals surface area contributed by atoms with Crippen LogP contribution < -0.4 is 10.6 Å². The number of carbonyl (C=O) groups excluding carboxylic acids is 1. The minimum atomic E-state index is -0.491. The number of hydrogen-bond acceptors (Lipinski definition) is 4. The van der Waals surface area contributed by atoms with Crippen molar-refractivity contribution >= 4 is 12.1 Å². The van der Waals surface area contributed by atoms with Crippen molar-refractivity contribution in [2.45, 2.75) is 78.9 Å². The average Bonchev–Trinajstić information content (AvgIpc) is 3.38. The van der Waals surface area contributed by atoms with Crippen LogP contribution in [0, 0.1) is 11.3 Å². The van der Waals surface area contributed by atoms with E-state index in [2.05, 4.69) is 43.4 Å². The predicted molar refractivity (Wildman–Crippen MR) is 119 cm³/mol. The Labute approximate surface area is 178 Å². The lowest BCUT2D eigenvalue weighted by molar-refractivity contribution is 0.0486. The predicted octanol–water partition coefficient (Wildman–Crippen LogP) is 3.64. The van der Waals surface area contributed by atoms with Crippen LogP contribution in [-0.4, -0.2) is 69.0 Å². The number of aliphatic imine (C=N–C) groups is 1. The van der Waals surface area contributed by atoms with Gasteiger partial charge in [0.15, 0.2) is 5.96 Å². The summed E-state index contributed by atoms with van der Waals surface area (Å²) in [4.78, 5) is 19.2. The third kappa shape index (κ3) is 10.2. The minimum absolute atomic E-state index is 0.0478. The fourth-order valence-electron chi connectivity index (χ4n) is 3.16. The van der Waals surface area contributed by atoms with Crippen molar-refractivity contribution in [1.29, 1.82) is 0 Å². The highest BCUT2D eigenvalue weighted by Gasteiger charge is 2.41. The molecule has 7 heteroatoms. The molecule has 7 nitrogen and oxygen atoms in total. The van der Waals surface area contributed by atoms with Crippen molar-refractivity contribution in [3.63, 3.8) is 0 Å². The topological polar surface area (TPSA) is 75.2 Å². The third-order valence-corrected chi connectivity index (χ3v) is 5.34. The third-order valence-electron chi connectivity index (χ3n) is 5.34. The maximum atomic E-state index is 12.2. The van der Waals surface area contributed by atoms with Gasteiger partial charge in [0.1, 0.15) is 5.60 Å². The van der Waals surface area contributed by atoms with Crippen LogP contribution in [0.3, 0.4) is 0 Å². The zero-order chi connectivity index (χ0) is 22.1. The van der Waals surface area contributed by atoms with Crippen LogP contribution in [-0.2, 0) is 9.47 Å². The molecule has 0 aromatic heterocycles. The molecule has 0 aromatic carbocycles. The molecule has 0 aromatic rings. The molecule has 0 spiro atoms. The Bertz CT molecular complexity index is 525. The van der Waals surface area contributed by atoms with E-state index in [-0.39, 0.29) is 12.1 Å². The van der Waals surface area contributed by atoms with E-state index in [4.69, 9.17) is 14.5 Å². The molecule has 0 saturated heterocycles. The van der Waals surface area contributed by atoms with Gasteiger partial charge in [-0.25, -0.2) is 4.79 Å². The fraction of sp³-hybridized carbons (Fsp3) is 0.909. The molecule has 0 heterocycles. The molecular formula is C22H44N4O3. The van der Waals surface area contributed by atoms with Crippen molar-refractivity contribution in [3.05, 3.63) is 0 Å². The van der Waals surface area contributed by atoms with Crippen LogP contribution >= 0.6 is 0 Å². The van der Waals surface area contributed by atoms with E-state index in [1.54, 1.807) is 7.11 Å². The maximum absolute atomic E-state index is 12.2. The number of guanidine groups is 1. The second kappa shape index (κ2) is 11.6. The molecule has 0 radical (unpaired) electrons. The van der Waals surface area contributed by atoms with Gasteiger partial charge >= 0.3 is 6.09 Å². The molecule has 1 atom stereocenters. The molecule has 29 heavy (non-hydrogen) atoms. The quantitative estimate of drug-likeness (QED) is 0.400. The number of amides is 1. The van der Waals surface area contributed by atoms with Gasteiger partial charge in [0.2, 0.25) is 0 Å². The van der Waals surface area contributed by atoms with Gasteiger partial charge < -0.3 is 25.0 Å². The second-order valence-electron chi connectivity index (χ2n) is 9.62. The number of nitrogens with zero attached hydrogens (tertiary/aromatic N) is 2. The zero-order valence-electron chi connectivity index (χ0n) is 19.9. The van der Waals surface area contributed by atoms with Gasteiger partial charge in [0, 0.05) is 46.4 Å². The normalized spacial score (nSPS) is 17.1. The summed E-state index contributed by atoms with van der Waals surface area (Å²) in [5.74, 6) is 1.25. The molecule has 1 aliphatic rings. The van der Waals surface area contributed by atoms with E-state index in [1.807, 2.05) is 20.8 Å². The monoisotopic (exact) mass is 412 g/mol. The summed E-state index contributed by atoms with van der Waals surface area (Å²) in [5, 5.41) is 6.42. The highest BCUT2D eigenvalue weighted by molar-refractivity contribution is 5.79. The van der Waals surface area contributed by atoms with Crippen LogP contribution in [0.1, 0.15) is 67.2 Å². The number of rotatable bonds is 11. The molecule has 0 aliphatic heterocycles. The number of methoxy groups -OCH3 is 1. The fourth-order valence-corrected chi connectivity index (χ4v) is 3.16. The highest BCUT2D eigenvalue weighted by atomic mass is 16.6. The van der Waals surface area contributed by atoms with E-state index in [1.165, 1.54) is 12.8 Å². The SMILES string of the molecule is CCNC(=NCC1(CCOC)CC1)N(C)CCC(NC(=O)OC(C)(C)C)C(C)C. The van der Waals surface area contributed by atoms with Gasteiger partial charge in [-0.1, -0.05) is 13.8 Å². The first-order valence-corrected chi connectivity index (χ1v) is 11.0. The van der Waals surface area contributed by atoms with Gasteiger partial charge in [-0.2, -0.15) is 0 Å². The molecule has 1 unspecified atom stereocenters. The van der Waals surface area contributed by atoms with Gasteiger partial charge in [0.05, 0.1) is 0 Å². The summed E-state index contributed by atoms with van der Waals surface area (Å²) in [6, 6.07) is 0.0478. The van der Waals surface area contributed by atoms with E-state index in [0.717, 1.165) is 45.0 Å². The Morgan fingerprint density at radius 1 is 1.28 bits per heavy atom. The van der Waals surface area contributed by atoms with E-state index in [9.17, 15) is 4.79 Å². The number of alkyl carbamates (subject to hydrolysis) is 1. The van der Waals surface area contributed by atoms with Crippen molar-refractivity contribution in [1.82, 2.24) is 15.5 Å². The van der Waals surface area contributed by atoms with Crippen molar-refractivity contribution < 1.29 is 14.3 Å². The second-order valence-corrected chi connectivity index (χ2v) is 9.62. The molecule has 0 bridgehead atoms. The lowest BCUT2D eigenvalue weighted by atomic mass is 10.0. The standard InChI is InChI=1S/C22H44N4O3/c1-9-23-19(24-16-22(11-12-22)13-15-28-8)26(7)14-10-18(17(2)3)25-20(27)29-21(4,5)6/h17-18H,9-16H2,1-8H3,(H,23,24)(H,25,27). The lowest BCUT2D eigenvalue weighted by Gasteiger charge is -2.28. The van der Waals surface area contributed by atoms with E-state index < -0.39 is 5.60 Å². The molecule has 1 amide bonds. The Balaban J connectivity index is 2.62. The van der Waals surface area contributed by atoms with Crippen LogP contribution in [0.4, 0.5) is 4.79 Å². The summed E-state index contributed by atoms with van der Waals surface area (Å²) in [5.41, 5.74) is -0.162. The average molecular weight is 413 g/mol. The van der Waals surface area contributed by atoms with Gasteiger partial charge in [-0.15, -0.1) is 0 Å². The summed E-state index contributed by atoms with van der Waals surface area (Å²) < 4.78 is 10.7. The first-order chi connectivity index (χ1) is 13.5. The maximum Gasteiger partial charge on any atom is 0.407 e. The Morgan fingerprint density at radius 3 is 2.41 bits per heavy atom. The van der Waals surface area contributed by atoms with Gasteiger partial charge in [-0.3, -0.25) is 4.99 Å². The number of nitrogens with one attached hydrogen (secondary N) is 2. The van der Waals surface area contributed by atoms with Crippen LogP contribution in [0.15, 0.2) is 4.99 Å². The molecule has 170 valence electrons. The van der Waals surface area contributed by atoms with E-state index in [0.29, 0.717) is 11.3 Å². The molecule has 1 saturated carbocycles. The molecule has 2 N–H and O–H groups in total. The molecule has 1 fully saturated rings. The summed E-state index contributed by atoms with van der Waals surface area (Å²) >= 11 is 0. The van der Waals surface area contributed by atoms with Crippen molar-refractivity contribution in [2.24, 2.45) is 16.3 Å². The van der Waals surface area contributed by atoms with Crippen LogP contribution in [0.5, 0.6) is 0 Å².